The Morgan fingerprint density at radius 1 is 1.26 bits per heavy atom. The first-order valence-electron chi connectivity index (χ1n) is 7.65. The van der Waals surface area contributed by atoms with Gasteiger partial charge in [-0.1, -0.05) is 6.08 Å². The van der Waals surface area contributed by atoms with Crippen LogP contribution in [0.2, 0.25) is 0 Å². The van der Waals surface area contributed by atoms with Crippen molar-refractivity contribution in [1.82, 2.24) is 4.90 Å². The molecule has 7 heteroatoms. The van der Waals surface area contributed by atoms with Crippen LogP contribution in [-0.2, 0) is 23.9 Å². The second-order valence-corrected chi connectivity index (χ2v) is 6.98. The minimum absolute atomic E-state index is 0.0470. The molecule has 0 aromatic carbocycles. The van der Waals surface area contributed by atoms with E-state index in [1.165, 1.54) is 12.0 Å². The van der Waals surface area contributed by atoms with Gasteiger partial charge in [0.05, 0.1) is 13.0 Å². The van der Waals surface area contributed by atoms with Crippen LogP contribution in [0.4, 0.5) is 0 Å². The summed E-state index contributed by atoms with van der Waals surface area (Å²) in [5.74, 6) is -2.54. The molecule has 0 amide bonds. The zero-order valence-corrected chi connectivity index (χ0v) is 13.9. The van der Waals surface area contributed by atoms with E-state index < -0.39 is 29.5 Å². The van der Waals surface area contributed by atoms with Crippen LogP contribution in [0.3, 0.4) is 0 Å². The number of hydrogen-bond donors (Lipinski definition) is 1. The molecule has 2 aliphatic heterocycles. The van der Waals surface area contributed by atoms with E-state index in [9.17, 15) is 19.5 Å². The summed E-state index contributed by atoms with van der Waals surface area (Å²) < 4.78 is 10.2. The molecule has 0 aromatic rings. The molecule has 1 N–H and O–H groups in total. The highest BCUT2D eigenvalue weighted by atomic mass is 16.6. The van der Waals surface area contributed by atoms with Crippen LogP contribution in [0.25, 0.3) is 0 Å². The predicted molar refractivity (Wildman–Crippen MR) is 80.3 cm³/mol. The van der Waals surface area contributed by atoms with E-state index in [4.69, 9.17) is 9.47 Å². The van der Waals surface area contributed by atoms with Crippen molar-refractivity contribution in [3.05, 3.63) is 11.8 Å². The first kappa shape index (κ1) is 17.3. The first-order valence-corrected chi connectivity index (χ1v) is 7.65. The number of ether oxygens (including phenoxy) is 2. The second kappa shape index (κ2) is 6.22. The fourth-order valence-electron chi connectivity index (χ4n) is 3.26. The Morgan fingerprint density at radius 3 is 2.43 bits per heavy atom. The summed E-state index contributed by atoms with van der Waals surface area (Å²) in [5.41, 5.74) is -0.607. The Kier molecular flexibility index (Phi) is 4.68. The number of carbonyl (C=O) groups is 3. The van der Waals surface area contributed by atoms with Crippen LogP contribution in [-0.4, -0.2) is 53.2 Å². The molecule has 0 aliphatic carbocycles. The van der Waals surface area contributed by atoms with Gasteiger partial charge in [-0.25, -0.2) is 9.59 Å². The van der Waals surface area contributed by atoms with Crippen LogP contribution in [0.15, 0.2) is 11.8 Å². The third kappa shape index (κ3) is 3.65. The second-order valence-electron chi connectivity index (χ2n) is 6.98. The van der Waals surface area contributed by atoms with Gasteiger partial charge in [0, 0.05) is 6.54 Å². The summed E-state index contributed by atoms with van der Waals surface area (Å²) in [7, 11) is 1.31. The summed E-state index contributed by atoms with van der Waals surface area (Å²) in [5, 5.41) is 9.39. The number of methoxy groups -OCH3 is 1. The van der Waals surface area contributed by atoms with Gasteiger partial charge in [0.15, 0.2) is 0 Å². The SMILES string of the molecule is COC(=O)C1CC2CC=C(C(=O)O)N(C1)C2C(=O)OC(C)(C)C. The Bertz CT molecular complexity index is 547. The van der Waals surface area contributed by atoms with Crippen LogP contribution in [0, 0.1) is 11.8 Å². The number of esters is 2. The summed E-state index contributed by atoms with van der Waals surface area (Å²) in [6, 6.07) is -0.675. The largest absolute Gasteiger partial charge is 0.477 e. The van der Waals surface area contributed by atoms with Crippen molar-refractivity contribution in [3.63, 3.8) is 0 Å². The number of piperidine rings is 1. The smallest absolute Gasteiger partial charge is 0.351 e. The van der Waals surface area contributed by atoms with Crippen LogP contribution < -0.4 is 0 Å². The monoisotopic (exact) mass is 325 g/mol. The van der Waals surface area contributed by atoms with Gasteiger partial charge in [0.2, 0.25) is 0 Å². The Labute approximate surface area is 135 Å². The van der Waals surface area contributed by atoms with E-state index in [-0.39, 0.29) is 24.1 Å². The molecule has 0 spiro atoms. The van der Waals surface area contributed by atoms with Crippen molar-refractivity contribution >= 4 is 17.9 Å². The maximum absolute atomic E-state index is 12.5. The van der Waals surface area contributed by atoms with E-state index in [1.54, 1.807) is 26.8 Å². The average Bonchev–Trinajstić information content (AvgIpc) is 2.42. The lowest BCUT2D eigenvalue weighted by atomic mass is 9.78. The van der Waals surface area contributed by atoms with Gasteiger partial charge < -0.3 is 19.5 Å². The molecule has 128 valence electrons. The maximum Gasteiger partial charge on any atom is 0.351 e. The van der Waals surface area contributed by atoms with Gasteiger partial charge in [0.25, 0.3) is 0 Å². The molecule has 2 aliphatic rings. The normalized spacial score (nSPS) is 27.0. The minimum Gasteiger partial charge on any atom is -0.477 e. The number of aliphatic carboxylic acids is 1. The fourth-order valence-corrected chi connectivity index (χ4v) is 3.26. The lowest BCUT2D eigenvalue weighted by Crippen LogP contribution is -2.57. The summed E-state index contributed by atoms with van der Waals surface area (Å²) >= 11 is 0. The standard InChI is InChI=1S/C16H23NO6/c1-16(2,3)23-15(21)12-9-5-6-11(13(18)19)17(12)8-10(7-9)14(20)22-4/h6,9-10,12H,5,7-8H2,1-4H3,(H,18,19). The molecule has 0 aromatic heterocycles. The van der Waals surface area contributed by atoms with Crippen molar-refractivity contribution in [2.24, 2.45) is 11.8 Å². The van der Waals surface area contributed by atoms with E-state index in [0.717, 1.165) is 0 Å². The highest BCUT2D eigenvalue weighted by molar-refractivity contribution is 5.89. The van der Waals surface area contributed by atoms with Crippen LogP contribution >= 0.6 is 0 Å². The molecule has 3 unspecified atom stereocenters. The number of allylic oxidation sites excluding steroid dienone is 1. The molecular formula is C16H23NO6. The third-order valence-electron chi connectivity index (χ3n) is 4.11. The summed E-state index contributed by atoms with van der Waals surface area (Å²) in [6.07, 6.45) is 2.52. The number of nitrogens with zero attached hydrogens (tertiary/aromatic N) is 1. The molecule has 1 saturated heterocycles. The quantitative estimate of drug-likeness (QED) is 0.779. The molecule has 2 heterocycles. The van der Waals surface area contributed by atoms with Gasteiger partial charge >= 0.3 is 17.9 Å². The van der Waals surface area contributed by atoms with Crippen molar-refractivity contribution in [2.75, 3.05) is 13.7 Å². The van der Waals surface area contributed by atoms with Gasteiger partial charge in [-0.2, -0.15) is 0 Å². The molecule has 0 saturated carbocycles. The summed E-state index contributed by atoms with van der Waals surface area (Å²) in [6.45, 7) is 5.45. The van der Waals surface area contributed by atoms with Gasteiger partial charge in [-0.3, -0.25) is 4.79 Å². The van der Waals surface area contributed by atoms with Crippen molar-refractivity contribution in [3.8, 4) is 0 Å². The van der Waals surface area contributed by atoms with Gasteiger partial charge in [-0.15, -0.1) is 0 Å². The Morgan fingerprint density at radius 2 is 1.91 bits per heavy atom. The van der Waals surface area contributed by atoms with Crippen molar-refractivity contribution in [2.45, 2.75) is 45.3 Å². The number of carbonyl (C=O) groups excluding carboxylic acids is 2. The predicted octanol–water partition coefficient (Wildman–Crippen LogP) is 1.18. The Hall–Kier alpha value is -2.05. The van der Waals surface area contributed by atoms with Crippen molar-refractivity contribution < 1.29 is 29.0 Å². The zero-order valence-electron chi connectivity index (χ0n) is 13.9. The van der Waals surface area contributed by atoms with Gasteiger partial charge in [0.1, 0.15) is 17.3 Å². The zero-order chi connectivity index (χ0) is 17.4. The van der Waals surface area contributed by atoms with Crippen molar-refractivity contribution in [1.29, 1.82) is 0 Å². The minimum atomic E-state index is -1.11. The number of carboxylic acid groups (broad SMARTS) is 1. The number of hydrogen-bond acceptors (Lipinski definition) is 6. The molecule has 2 bridgehead atoms. The third-order valence-corrected chi connectivity index (χ3v) is 4.11. The molecule has 1 fully saturated rings. The highest BCUT2D eigenvalue weighted by Gasteiger charge is 2.48. The lowest BCUT2D eigenvalue weighted by Gasteiger charge is -2.46. The number of fused-ring (bicyclic) bond motifs is 2. The maximum atomic E-state index is 12.5. The van der Waals surface area contributed by atoms with Crippen LogP contribution in [0.5, 0.6) is 0 Å². The van der Waals surface area contributed by atoms with E-state index in [2.05, 4.69) is 0 Å². The molecule has 2 rings (SSSR count). The number of rotatable bonds is 3. The lowest BCUT2D eigenvalue weighted by molar-refractivity contribution is -0.169. The highest BCUT2D eigenvalue weighted by Crippen LogP contribution is 2.38. The van der Waals surface area contributed by atoms with E-state index in [0.29, 0.717) is 12.8 Å². The molecule has 7 nitrogen and oxygen atoms in total. The molecule has 0 radical (unpaired) electrons. The molecular weight excluding hydrogens is 302 g/mol. The average molecular weight is 325 g/mol. The fraction of sp³-hybridized carbons (Fsp3) is 0.688. The summed E-state index contributed by atoms with van der Waals surface area (Å²) in [4.78, 5) is 37.3. The number of carboxylic acids is 1. The van der Waals surface area contributed by atoms with E-state index >= 15 is 0 Å². The molecule has 3 atom stereocenters. The van der Waals surface area contributed by atoms with E-state index in [1.807, 2.05) is 0 Å². The van der Waals surface area contributed by atoms with Gasteiger partial charge in [-0.05, 0) is 39.5 Å². The first-order chi connectivity index (χ1) is 10.6. The topological polar surface area (TPSA) is 93.1 Å². The molecule has 23 heavy (non-hydrogen) atoms. The Balaban J connectivity index is 2.30. The van der Waals surface area contributed by atoms with Crippen LogP contribution in [0.1, 0.15) is 33.6 Å².